The highest BCUT2D eigenvalue weighted by Crippen LogP contribution is 2.34. The van der Waals surface area contributed by atoms with Gasteiger partial charge < -0.3 is 15.4 Å². The highest BCUT2D eigenvalue weighted by molar-refractivity contribution is 5.88. The van der Waals surface area contributed by atoms with Crippen LogP contribution in [0.5, 0.6) is 5.75 Å². The molecule has 2 N–H and O–H groups in total. The van der Waals surface area contributed by atoms with Crippen molar-refractivity contribution in [2.24, 2.45) is 5.73 Å². The van der Waals surface area contributed by atoms with E-state index in [0.29, 0.717) is 6.54 Å². The Morgan fingerprint density at radius 3 is 2.58 bits per heavy atom. The zero-order valence-corrected chi connectivity index (χ0v) is 12.4. The number of likely N-dealkylation sites (N-methyl/N-ethyl adjacent to an activating group) is 1. The van der Waals surface area contributed by atoms with Crippen LogP contribution in [-0.2, 0) is 11.3 Å². The fourth-order valence-corrected chi connectivity index (χ4v) is 2.11. The van der Waals surface area contributed by atoms with Gasteiger partial charge >= 0.3 is 0 Å². The van der Waals surface area contributed by atoms with Gasteiger partial charge in [-0.25, -0.2) is 0 Å². The van der Waals surface area contributed by atoms with Gasteiger partial charge in [-0.05, 0) is 37.0 Å². The fraction of sp³-hybridized carbons (Fsp3) is 0.500. The van der Waals surface area contributed by atoms with Gasteiger partial charge in [0, 0.05) is 13.6 Å². The maximum atomic E-state index is 12.0. The molecular formula is C14H21ClN2O2. The SMILES string of the molecule is COc1ccc(CN(C)C(=O)C2(N)CC2)cc1C.Cl. The van der Waals surface area contributed by atoms with Crippen molar-refractivity contribution >= 4 is 18.3 Å². The first-order chi connectivity index (χ1) is 8.46. The number of nitrogens with two attached hydrogens (primary N) is 1. The van der Waals surface area contributed by atoms with E-state index >= 15 is 0 Å². The number of carbonyl (C=O) groups is 1. The van der Waals surface area contributed by atoms with Crippen molar-refractivity contribution in [1.82, 2.24) is 4.90 Å². The van der Waals surface area contributed by atoms with Crippen molar-refractivity contribution in [1.29, 1.82) is 0 Å². The quantitative estimate of drug-likeness (QED) is 0.918. The molecule has 2 rings (SSSR count). The maximum Gasteiger partial charge on any atom is 0.242 e. The molecule has 0 heterocycles. The molecular weight excluding hydrogens is 264 g/mol. The molecule has 1 aromatic rings. The molecule has 0 atom stereocenters. The van der Waals surface area contributed by atoms with Gasteiger partial charge in [-0.3, -0.25) is 4.79 Å². The second-order valence-electron chi connectivity index (χ2n) is 5.12. The lowest BCUT2D eigenvalue weighted by Crippen LogP contribution is -2.43. The van der Waals surface area contributed by atoms with E-state index in [9.17, 15) is 4.79 Å². The summed E-state index contributed by atoms with van der Waals surface area (Å²) in [6, 6.07) is 5.95. The highest BCUT2D eigenvalue weighted by atomic mass is 35.5. The number of nitrogens with zero attached hydrogens (tertiary/aromatic N) is 1. The van der Waals surface area contributed by atoms with E-state index in [-0.39, 0.29) is 18.3 Å². The van der Waals surface area contributed by atoms with Crippen molar-refractivity contribution in [3.8, 4) is 5.75 Å². The summed E-state index contributed by atoms with van der Waals surface area (Å²) in [6.07, 6.45) is 1.61. The maximum absolute atomic E-state index is 12.0. The number of hydrogen-bond acceptors (Lipinski definition) is 3. The number of halogens is 1. The predicted molar refractivity (Wildman–Crippen MR) is 77.6 cm³/mol. The minimum absolute atomic E-state index is 0. The Bertz CT molecular complexity index is 473. The van der Waals surface area contributed by atoms with Crippen LogP contribution in [-0.4, -0.2) is 30.5 Å². The van der Waals surface area contributed by atoms with Crippen molar-refractivity contribution < 1.29 is 9.53 Å². The van der Waals surface area contributed by atoms with Gasteiger partial charge in [0.15, 0.2) is 0 Å². The molecule has 0 saturated heterocycles. The summed E-state index contributed by atoms with van der Waals surface area (Å²) in [5.41, 5.74) is 7.49. The third-order valence-corrected chi connectivity index (χ3v) is 3.44. The number of benzene rings is 1. The number of carbonyl (C=O) groups excluding carboxylic acids is 1. The first-order valence-electron chi connectivity index (χ1n) is 6.14. The Balaban J connectivity index is 0.00000180. The summed E-state index contributed by atoms with van der Waals surface area (Å²) < 4.78 is 5.22. The molecule has 0 spiro atoms. The zero-order valence-electron chi connectivity index (χ0n) is 11.6. The van der Waals surface area contributed by atoms with E-state index in [2.05, 4.69) is 0 Å². The molecule has 0 aromatic heterocycles. The Morgan fingerprint density at radius 1 is 1.47 bits per heavy atom. The molecule has 19 heavy (non-hydrogen) atoms. The smallest absolute Gasteiger partial charge is 0.242 e. The molecule has 4 nitrogen and oxygen atoms in total. The number of ether oxygens (including phenoxy) is 1. The molecule has 0 unspecified atom stereocenters. The molecule has 106 valence electrons. The number of rotatable bonds is 4. The van der Waals surface area contributed by atoms with Gasteiger partial charge in [-0.15, -0.1) is 12.4 Å². The monoisotopic (exact) mass is 284 g/mol. The summed E-state index contributed by atoms with van der Waals surface area (Å²) in [5, 5.41) is 0. The lowest BCUT2D eigenvalue weighted by molar-refractivity contribution is -0.132. The van der Waals surface area contributed by atoms with E-state index in [1.54, 1.807) is 19.1 Å². The largest absolute Gasteiger partial charge is 0.496 e. The van der Waals surface area contributed by atoms with Crippen molar-refractivity contribution in [2.75, 3.05) is 14.2 Å². The van der Waals surface area contributed by atoms with Crippen LogP contribution in [0.25, 0.3) is 0 Å². The van der Waals surface area contributed by atoms with Gasteiger partial charge in [0.2, 0.25) is 5.91 Å². The van der Waals surface area contributed by atoms with Crippen LogP contribution in [0.3, 0.4) is 0 Å². The Kier molecular flexibility index (Phi) is 4.82. The number of aryl methyl sites for hydroxylation is 1. The van der Waals surface area contributed by atoms with Gasteiger partial charge in [-0.1, -0.05) is 12.1 Å². The topological polar surface area (TPSA) is 55.6 Å². The molecule has 1 saturated carbocycles. The van der Waals surface area contributed by atoms with E-state index < -0.39 is 5.54 Å². The predicted octanol–water partition coefficient (Wildman–Crippen LogP) is 1.88. The molecule has 0 radical (unpaired) electrons. The first-order valence-corrected chi connectivity index (χ1v) is 6.14. The van der Waals surface area contributed by atoms with E-state index in [1.165, 1.54) is 0 Å². The van der Waals surface area contributed by atoms with Crippen LogP contribution < -0.4 is 10.5 Å². The highest BCUT2D eigenvalue weighted by Gasteiger charge is 2.47. The summed E-state index contributed by atoms with van der Waals surface area (Å²) >= 11 is 0. The molecule has 1 fully saturated rings. The van der Waals surface area contributed by atoms with Gasteiger partial charge in [-0.2, -0.15) is 0 Å². The van der Waals surface area contributed by atoms with Crippen LogP contribution in [0.4, 0.5) is 0 Å². The van der Waals surface area contributed by atoms with E-state index in [0.717, 1.165) is 29.7 Å². The minimum Gasteiger partial charge on any atom is -0.496 e. The summed E-state index contributed by atoms with van der Waals surface area (Å²) in [5.74, 6) is 0.904. The van der Waals surface area contributed by atoms with Crippen LogP contribution in [0, 0.1) is 6.92 Å². The molecule has 1 aliphatic carbocycles. The fourth-order valence-electron chi connectivity index (χ4n) is 2.11. The third kappa shape index (κ3) is 3.39. The molecule has 0 aliphatic heterocycles. The summed E-state index contributed by atoms with van der Waals surface area (Å²) in [4.78, 5) is 13.7. The van der Waals surface area contributed by atoms with Crippen molar-refractivity contribution in [3.05, 3.63) is 29.3 Å². The van der Waals surface area contributed by atoms with Gasteiger partial charge in [0.25, 0.3) is 0 Å². The zero-order chi connectivity index (χ0) is 13.3. The summed E-state index contributed by atoms with van der Waals surface area (Å²) in [7, 11) is 3.46. The van der Waals surface area contributed by atoms with Crippen molar-refractivity contribution in [2.45, 2.75) is 31.8 Å². The number of amides is 1. The molecule has 0 bridgehead atoms. The van der Waals surface area contributed by atoms with Crippen molar-refractivity contribution in [3.63, 3.8) is 0 Å². The molecule has 1 aromatic carbocycles. The Labute approximate surface area is 120 Å². The molecule has 5 heteroatoms. The second-order valence-corrected chi connectivity index (χ2v) is 5.12. The average molecular weight is 285 g/mol. The number of hydrogen-bond donors (Lipinski definition) is 1. The van der Waals surface area contributed by atoms with Crippen LogP contribution >= 0.6 is 12.4 Å². The normalized spacial score (nSPS) is 15.4. The van der Waals surface area contributed by atoms with Crippen LogP contribution in [0.15, 0.2) is 18.2 Å². The van der Waals surface area contributed by atoms with Crippen LogP contribution in [0.1, 0.15) is 24.0 Å². The minimum atomic E-state index is -0.587. The molecule has 1 amide bonds. The standard InChI is InChI=1S/C14H20N2O2.ClH/c1-10-8-11(4-5-12(10)18-3)9-16(2)13(17)14(15)6-7-14;/h4-5,8H,6-7,9,15H2,1-3H3;1H. The Hall–Kier alpha value is -1.26. The van der Waals surface area contributed by atoms with E-state index in [1.807, 2.05) is 25.1 Å². The van der Waals surface area contributed by atoms with Gasteiger partial charge in [0.05, 0.1) is 12.6 Å². The molecule has 1 aliphatic rings. The second kappa shape index (κ2) is 5.80. The first kappa shape index (κ1) is 15.8. The summed E-state index contributed by atoms with van der Waals surface area (Å²) in [6.45, 7) is 2.58. The average Bonchev–Trinajstić information content (AvgIpc) is 3.08. The van der Waals surface area contributed by atoms with Gasteiger partial charge in [0.1, 0.15) is 5.75 Å². The number of methoxy groups -OCH3 is 1. The lowest BCUT2D eigenvalue weighted by atomic mass is 10.1. The third-order valence-electron chi connectivity index (χ3n) is 3.44. The lowest BCUT2D eigenvalue weighted by Gasteiger charge is -2.21. The van der Waals surface area contributed by atoms with Crippen LogP contribution in [0.2, 0.25) is 0 Å². The Morgan fingerprint density at radius 2 is 2.11 bits per heavy atom. The van der Waals surface area contributed by atoms with E-state index in [4.69, 9.17) is 10.5 Å².